The van der Waals surface area contributed by atoms with Gasteiger partial charge in [-0.05, 0) is 38.0 Å². The van der Waals surface area contributed by atoms with Crippen LogP contribution >= 0.6 is 0 Å². The minimum absolute atomic E-state index is 0.222. The summed E-state index contributed by atoms with van der Waals surface area (Å²) in [5, 5.41) is 6.61. The number of aromatic nitrogens is 2. The molecule has 0 saturated heterocycles. The smallest absolute Gasteiger partial charge is 0.244 e. The number of ether oxygens (including phenoxy) is 2. The molecule has 0 atom stereocenters. The van der Waals surface area contributed by atoms with Crippen LogP contribution in [0.2, 0.25) is 0 Å². The Labute approximate surface area is 135 Å². The van der Waals surface area contributed by atoms with Gasteiger partial charge >= 0.3 is 0 Å². The normalized spacial score (nSPS) is 14.0. The molecular formula is C15H19N3O4S. The van der Waals surface area contributed by atoms with Crippen LogP contribution in [-0.4, -0.2) is 38.4 Å². The van der Waals surface area contributed by atoms with Gasteiger partial charge in [0.2, 0.25) is 10.0 Å². The Morgan fingerprint density at radius 2 is 1.96 bits per heavy atom. The number of sulfonamides is 1. The molecule has 23 heavy (non-hydrogen) atoms. The Hall–Kier alpha value is -2.06. The number of fused-ring (bicyclic) bond motifs is 1. The molecule has 124 valence electrons. The largest absolute Gasteiger partial charge is 0.486 e. The molecule has 1 aromatic carbocycles. The summed E-state index contributed by atoms with van der Waals surface area (Å²) < 4.78 is 38.3. The van der Waals surface area contributed by atoms with E-state index in [9.17, 15) is 8.42 Å². The second-order valence-corrected chi connectivity index (χ2v) is 7.09. The van der Waals surface area contributed by atoms with Gasteiger partial charge in [-0.1, -0.05) is 6.07 Å². The monoisotopic (exact) mass is 337 g/mol. The number of benzene rings is 1. The van der Waals surface area contributed by atoms with Crippen LogP contribution in [0.4, 0.5) is 0 Å². The lowest BCUT2D eigenvalue weighted by atomic mass is 10.1. The van der Waals surface area contributed by atoms with Crippen LogP contribution < -0.4 is 14.2 Å². The molecule has 0 radical (unpaired) electrons. The van der Waals surface area contributed by atoms with Crippen molar-refractivity contribution in [2.45, 2.75) is 25.2 Å². The SMILES string of the molecule is Cc1n[nH]c(C)c1S(=O)(=O)NCCc1ccc2c(c1)OCCO2. The van der Waals surface area contributed by atoms with Gasteiger partial charge in [0, 0.05) is 6.54 Å². The molecule has 2 heterocycles. The van der Waals surface area contributed by atoms with Crippen molar-refractivity contribution in [1.82, 2.24) is 14.9 Å². The quantitative estimate of drug-likeness (QED) is 0.858. The highest BCUT2D eigenvalue weighted by molar-refractivity contribution is 7.89. The second kappa shape index (κ2) is 6.21. The molecule has 0 aliphatic carbocycles. The van der Waals surface area contributed by atoms with E-state index in [4.69, 9.17) is 9.47 Å². The van der Waals surface area contributed by atoms with Gasteiger partial charge in [0.25, 0.3) is 0 Å². The van der Waals surface area contributed by atoms with Gasteiger partial charge in [0.15, 0.2) is 11.5 Å². The van der Waals surface area contributed by atoms with Crippen LogP contribution in [0.1, 0.15) is 17.0 Å². The summed E-state index contributed by atoms with van der Waals surface area (Å²) >= 11 is 0. The average molecular weight is 337 g/mol. The van der Waals surface area contributed by atoms with Crippen LogP contribution in [-0.2, 0) is 16.4 Å². The van der Waals surface area contributed by atoms with Crippen LogP contribution in [0, 0.1) is 13.8 Å². The number of hydrogen-bond donors (Lipinski definition) is 2. The fourth-order valence-corrected chi connectivity index (χ4v) is 3.98. The van der Waals surface area contributed by atoms with Gasteiger partial charge in [-0.15, -0.1) is 0 Å². The number of rotatable bonds is 5. The zero-order valence-corrected chi connectivity index (χ0v) is 13.9. The minimum atomic E-state index is -3.57. The summed E-state index contributed by atoms with van der Waals surface area (Å²) in [5.74, 6) is 1.43. The highest BCUT2D eigenvalue weighted by Crippen LogP contribution is 2.30. The predicted molar refractivity (Wildman–Crippen MR) is 84.4 cm³/mol. The summed E-state index contributed by atoms with van der Waals surface area (Å²) in [6, 6.07) is 5.65. The first-order chi connectivity index (χ1) is 11.0. The van der Waals surface area contributed by atoms with E-state index in [0.717, 1.165) is 11.3 Å². The Bertz CT molecular complexity index is 795. The minimum Gasteiger partial charge on any atom is -0.486 e. The molecule has 0 fully saturated rings. The molecular weight excluding hydrogens is 318 g/mol. The van der Waals surface area contributed by atoms with E-state index in [0.29, 0.717) is 43.3 Å². The number of aryl methyl sites for hydroxylation is 2. The van der Waals surface area contributed by atoms with Crippen molar-refractivity contribution in [2.75, 3.05) is 19.8 Å². The highest BCUT2D eigenvalue weighted by atomic mass is 32.2. The molecule has 0 spiro atoms. The first-order valence-corrected chi connectivity index (χ1v) is 8.85. The van der Waals surface area contributed by atoms with Gasteiger partial charge in [-0.3, -0.25) is 5.10 Å². The molecule has 0 bridgehead atoms. The Kier molecular flexibility index (Phi) is 4.27. The van der Waals surface area contributed by atoms with Gasteiger partial charge in [-0.25, -0.2) is 13.1 Å². The molecule has 0 unspecified atom stereocenters. The molecule has 8 heteroatoms. The molecule has 0 saturated carbocycles. The highest BCUT2D eigenvalue weighted by Gasteiger charge is 2.21. The summed E-state index contributed by atoms with van der Waals surface area (Å²) in [6.07, 6.45) is 0.561. The van der Waals surface area contributed by atoms with E-state index >= 15 is 0 Å². The lowest BCUT2D eigenvalue weighted by Gasteiger charge is -2.18. The van der Waals surface area contributed by atoms with Gasteiger partial charge < -0.3 is 9.47 Å². The first-order valence-electron chi connectivity index (χ1n) is 7.37. The van der Waals surface area contributed by atoms with Crippen molar-refractivity contribution in [1.29, 1.82) is 0 Å². The van der Waals surface area contributed by atoms with Gasteiger partial charge in [-0.2, -0.15) is 5.10 Å². The molecule has 3 rings (SSSR count). The number of H-pyrrole nitrogens is 1. The molecule has 7 nitrogen and oxygen atoms in total. The van der Waals surface area contributed by atoms with Crippen LogP contribution in [0.3, 0.4) is 0 Å². The standard InChI is InChI=1S/C15H19N3O4S/c1-10-15(11(2)18-17-10)23(19,20)16-6-5-12-3-4-13-14(9-12)22-8-7-21-13/h3-4,9,16H,5-8H2,1-2H3,(H,17,18). The number of hydrogen-bond acceptors (Lipinski definition) is 5. The average Bonchev–Trinajstić information content (AvgIpc) is 2.86. The lowest BCUT2D eigenvalue weighted by molar-refractivity contribution is 0.171. The molecule has 0 amide bonds. The topological polar surface area (TPSA) is 93.3 Å². The Morgan fingerprint density at radius 1 is 1.22 bits per heavy atom. The summed E-state index contributed by atoms with van der Waals surface area (Å²) in [4.78, 5) is 0.222. The number of nitrogens with one attached hydrogen (secondary N) is 2. The van der Waals surface area contributed by atoms with E-state index in [1.165, 1.54) is 0 Å². The predicted octanol–water partition coefficient (Wildman–Crippen LogP) is 1.32. The lowest BCUT2D eigenvalue weighted by Crippen LogP contribution is -2.27. The molecule has 2 N–H and O–H groups in total. The number of aromatic amines is 1. The third kappa shape index (κ3) is 3.32. The van der Waals surface area contributed by atoms with E-state index in [1.54, 1.807) is 13.8 Å². The third-order valence-corrected chi connectivity index (χ3v) is 5.36. The summed E-state index contributed by atoms with van der Waals surface area (Å²) in [6.45, 7) is 4.73. The van der Waals surface area contributed by atoms with Crippen molar-refractivity contribution < 1.29 is 17.9 Å². The fraction of sp³-hybridized carbons (Fsp3) is 0.400. The van der Waals surface area contributed by atoms with Crippen LogP contribution in [0.25, 0.3) is 0 Å². The molecule has 1 aromatic heterocycles. The van der Waals surface area contributed by atoms with Crippen molar-refractivity contribution in [3.63, 3.8) is 0 Å². The molecule has 2 aromatic rings. The Morgan fingerprint density at radius 3 is 2.65 bits per heavy atom. The van der Waals surface area contributed by atoms with Crippen LogP contribution in [0.5, 0.6) is 11.5 Å². The van der Waals surface area contributed by atoms with Gasteiger partial charge in [0.05, 0.1) is 11.4 Å². The van der Waals surface area contributed by atoms with Crippen molar-refractivity contribution in [3.8, 4) is 11.5 Å². The second-order valence-electron chi connectivity index (χ2n) is 5.39. The maximum Gasteiger partial charge on any atom is 0.244 e. The van der Waals surface area contributed by atoms with E-state index in [2.05, 4.69) is 14.9 Å². The van der Waals surface area contributed by atoms with E-state index in [-0.39, 0.29) is 4.90 Å². The van der Waals surface area contributed by atoms with Crippen molar-refractivity contribution >= 4 is 10.0 Å². The maximum atomic E-state index is 12.3. The summed E-state index contributed by atoms with van der Waals surface area (Å²) in [7, 11) is -3.57. The van der Waals surface area contributed by atoms with E-state index < -0.39 is 10.0 Å². The third-order valence-electron chi connectivity index (χ3n) is 3.64. The van der Waals surface area contributed by atoms with Crippen molar-refractivity contribution in [2.24, 2.45) is 0 Å². The molecule has 1 aliphatic heterocycles. The van der Waals surface area contributed by atoms with Gasteiger partial charge in [0.1, 0.15) is 18.1 Å². The Balaban J connectivity index is 1.65. The zero-order chi connectivity index (χ0) is 16.4. The summed E-state index contributed by atoms with van der Waals surface area (Å²) in [5.41, 5.74) is 1.99. The molecule has 1 aliphatic rings. The van der Waals surface area contributed by atoms with Crippen LogP contribution in [0.15, 0.2) is 23.1 Å². The fourth-order valence-electron chi connectivity index (χ4n) is 2.58. The first kappa shape index (κ1) is 15.8. The maximum absolute atomic E-state index is 12.3. The zero-order valence-electron chi connectivity index (χ0n) is 13.0. The van der Waals surface area contributed by atoms with Crippen molar-refractivity contribution in [3.05, 3.63) is 35.2 Å². The number of nitrogens with zero attached hydrogens (tertiary/aromatic N) is 1. The van der Waals surface area contributed by atoms with E-state index in [1.807, 2.05) is 18.2 Å².